The molecule has 0 saturated carbocycles. The van der Waals surface area contributed by atoms with Crippen LogP contribution in [0.4, 0.5) is 0 Å². The van der Waals surface area contributed by atoms with E-state index in [9.17, 15) is 10.1 Å². The Balaban J connectivity index is 2.39. The van der Waals surface area contributed by atoms with Crippen molar-refractivity contribution >= 4 is 17.5 Å². The van der Waals surface area contributed by atoms with Gasteiger partial charge in [-0.05, 0) is 31.0 Å². The Bertz CT molecular complexity index is 525. The number of carbonyl (C=O) groups is 1. The van der Waals surface area contributed by atoms with Crippen LogP contribution in [0.1, 0.15) is 45.1 Å². The summed E-state index contributed by atoms with van der Waals surface area (Å²) in [5, 5.41) is 12.7. The highest BCUT2D eigenvalue weighted by atomic mass is 35.5. The number of hydrogen-bond donors (Lipinski definition) is 1. The van der Waals surface area contributed by atoms with E-state index >= 15 is 0 Å². The summed E-state index contributed by atoms with van der Waals surface area (Å²) in [7, 11) is 0. The number of nitriles is 1. The predicted octanol–water partition coefficient (Wildman–Crippen LogP) is 3.88. The maximum atomic E-state index is 12.1. The first-order valence-corrected chi connectivity index (χ1v) is 8.41. The lowest BCUT2D eigenvalue weighted by molar-refractivity contribution is -0.122. The first-order valence-electron chi connectivity index (χ1n) is 8.03. The zero-order valence-electron chi connectivity index (χ0n) is 13.9. The number of ether oxygens (including phenoxy) is 1. The Morgan fingerprint density at radius 3 is 2.61 bits per heavy atom. The summed E-state index contributed by atoms with van der Waals surface area (Å²) in [4.78, 5) is 12.1. The van der Waals surface area contributed by atoms with Crippen LogP contribution in [0.5, 0.6) is 0 Å². The number of carbonyl (C=O) groups excluding carboxylic acids is 1. The van der Waals surface area contributed by atoms with Gasteiger partial charge in [0.1, 0.15) is 5.54 Å². The molecule has 0 aliphatic carbocycles. The molecule has 1 rings (SSSR count). The third-order valence-corrected chi connectivity index (χ3v) is 3.72. The Morgan fingerprint density at radius 2 is 2.00 bits per heavy atom. The average molecular weight is 337 g/mol. The molecule has 1 aromatic rings. The van der Waals surface area contributed by atoms with Crippen LogP contribution >= 0.6 is 11.6 Å². The highest BCUT2D eigenvalue weighted by Gasteiger charge is 2.26. The molecule has 0 bridgehead atoms. The van der Waals surface area contributed by atoms with Gasteiger partial charge in [-0.25, -0.2) is 0 Å². The van der Waals surface area contributed by atoms with Crippen molar-refractivity contribution in [3.8, 4) is 6.07 Å². The largest absolute Gasteiger partial charge is 0.378 e. The number of hydrogen-bond acceptors (Lipinski definition) is 3. The van der Waals surface area contributed by atoms with Gasteiger partial charge in [0.25, 0.3) is 0 Å². The van der Waals surface area contributed by atoms with Gasteiger partial charge >= 0.3 is 0 Å². The van der Waals surface area contributed by atoms with Crippen LogP contribution in [0.3, 0.4) is 0 Å². The molecule has 126 valence electrons. The van der Waals surface area contributed by atoms with E-state index in [4.69, 9.17) is 16.3 Å². The van der Waals surface area contributed by atoms with Crippen molar-refractivity contribution in [1.82, 2.24) is 5.32 Å². The van der Waals surface area contributed by atoms with E-state index in [1.54, 1.807) is 31.2 Å². The minimum absolute atomic E-state index is 0.196. The number of amides is 1. The molecule has 1 N–H and O–H groups in total. The van der Waals surface area contributed by atoms with Crippen LogP contribution in [0.25, 0.3) is 0 Å². The molecule has 0 aliphatic heterocycles. The molecule has 4 nitrogen and oxygen atoms in total. The minimum Gasteiger partial charge on any atom is -0.378 e. The van der Waals surface area contributed by atoms with Crippen LogP contribution in [0.2, 0.25) is 5.02 Å². The first kappa shape index (κ1) is 19.5. The van der Waals surface area contributed by atoms with Gasteiger partial charge < -0.3 is 10.1 Å². The van der Waals surface area contributed by atoms with Crippen molar-refractivity contribution in [3.63, 3.8) is 0 Å². The monoisotopic (exact) mass is 336 g/mol. The lowest BCUT2D eigenvalue weighted by Gasteiger charge is -2.23. The molecule has 0 spiro atoms. The number of halogens is 1. The Kier molecular flexibility index (Phi) is 8.68. The molecule has 0 radical (unpaired) electrons. The summed E-state index contributed by atoms with van der Waals surface area (Å²) < 4.78 is 5.55. The quantitative estimate of drug-likeness (QED) is 0.659. The third kappa shape index (κ3) is 8.01. The number of rotatable bonds is 10. The zero-order chi connectivity index (χ0) is 17.1. The molecule has 0 aliphatic rings. The molecular formula is C18H25ClN2O2. The molecule has 1 unspecified atom stereocenters. The summed E-state index contributed by atoms with van der Waals surface area (Å²) >= 11 is 5.82. The zero-order valence-corrected chi connectivity index (χ0v) is 14.7. The van der Waals surface area contributed by atoms with Crippen LogP contribution in [0, 0.1) is 11.3 Å². The number of nitrogens with one attached hydrogen (secondary N) is 1. The Labute approximate surface area is 143 Å². The molecule has 1 aromatic carbocycles. The lowest BCUT2D eigenvalue weighted by atomic mass is 10.0. The van der Waals surface area contributed by atoms with Gasteiger partial charge in [-0.2, -0.15) is 5.26 Å². The summed E-state index contributed by atoms with van der Waals surface area (Å²) in [6.07, 6.45) is 4.69. The second-order valence-electron chi connectivity index (χ2n) is 5.91. The molecular weight excluding hydrogens is 312 g/mol. The van der Waals surface area contributed by atoms with E-state index in [2.05, 4.69) is 18.3 Å². The van der Waals surface area contributed by atoms with Crippen molar-refractivity contribution in [2.75, 3.05) is 13.2 Å². The topological polar surface area (TPSA) is 62.1 Å². The van der Waals surface area contributed by atoms with Crippen LogP contribution < -0.4 is 5.32 Å². The smallest absolute Gasteiger partial charge is 0.225 e. The van der Waals surface area contributed by atoms with Crippen molar-refractivity contribution in [2.45, 2.75) is 51.5 Å². The number of benzene rings is 1. The van der Waals surface area contributed by atoms with E-state index in [1.807, 2.05) is 0 Å². The Hall–Kier alpha value is -1.57. The fourth-order valence-electron chi connectivity index (χ4n) is 2.14. The van der Waals surface area contributed by atoms with Gasteiger partial charge in [-0.1, -0.05) is 49.9 Å². The molecule has 1 atom stereocenters. The summed E-state index contributed by atoms with van der Waals surface area (Å²) in [6, 6.07) is 9.22. The van der Waals surface area contributed by atoms with Gasteiger partial charge in [0.2, 0.25) is 5.91 Å². The van der Waals surface area contributed by atoms with Crippen LogP contribution in [-0.2, 0) is 16.0 Å². The molecule has 0 aromatic heterocycles. The molecule has 0 fully saturated rings. The lowest BCUT2D eigenvalue weighted by Crippen LogP contribution is -2.49. The first-order chi connectivity index (χ1) is 11.0. The van der Waals surface area contributed by atoms with Crippen LogP contribution in [0.15, 0.2) is 24.3 Å². The standard InChI is InChI=1S/C18H25ClN2O2/c1-3-4-5-6-11-23-14-18(2,13-20)21-17(22)12-15-7-9-16(19)10-8-15/h7-10H,3-6,11-12,14H2,1-2H3,(H,21,22). The van der Waals surface area contributed by atoms with Gasteiger partial charge in [-0.3, -0.25) is 4.79 Å². The maximum absolute atomic E-state index is 12.1. The highest BCUT2D eigenvalue weighted by Crippen LogP contribution is 2.11. The van der Waals surface area contributed by atoms with Crippen molar-refractivity contribution in [1.29, 1.82) is 5.26 Å². The number of nitrogens with zero attached hydrogens (tertiary/aromatic N) is 1. The Morgan fingerprint density at radius 1 is 1.30 bits per heavy atom. The van der Waals surface area contributed by atoms with Crippen molar-refractivity contribution in [2.24, 2.45) is 0 Å². The number of unbranched alkanes of at least 4 members (excludes halogenated alkanes) is 3. The molecule has 23 heavy (non-hydrogen) atoms. The van der Waals surface area contributed by atoms with Gasteiger partial charge in [-0.15, -0.1) is 0 Å². The van der Waals surface area contributed by atoms with E-state index < -0.39 is 5.54 Å². The van der Waals surface area contributed by atoms with E-state index in [0.29, 0.717) is 11.6 Å². The predicted molar refractivity (Wildman–Crippen MR) is 92.3 cm³/mol. The van der Waals surface area contributed by atoms with Crippen molar-refractivity contribution in [3.05, 3.63) is 34.9 Å². The van der Waals surface area contributed by atoms with Crippen molar-refractivity contribution < 1.29 is 9.53 Å². The second kappa shape index (κ2) is 10.3. The molecule has 5 heteroatoms. The fraction of sp³-hybridized carbons (Fsp3) is 0.556. The third-order valence-electron chi connectivity index (χ3n) is 3.47. The second-order valence-corrected chi connectivity index (χ2v) is 6.35. The minimum atomic E-state index is -1.01. The molecule has 0 heterocycles. The summed E-state index contributed by atoms with van der Waals surface area (Å²) in [6.45, 7) is 4.65. The van der Waals surface area contributed by atoms with E-state index in [1.165, 1.54) is 12.8 Å². The molecule has 1 amide bonds. The van der Waals surface area contributed by atoms with Gasteiger partial charge in [0.05, 0.1) is 19.1 Å². The highest BCUT2D eigenvalue weighted by molar-refractivity contribution is 6.30. The van der Waals surface area contributed by atoms with Gasteiger partial charge in [0.15, 0.2) is 0 Å². The fourth-order valence-corrected chi connectivity index (χ4v) is 2.27. The molecule has 0 saturated heterocycles. The average Bonchev–Trinajstić information content (AvgIpc) is 2.53. The normalized spacial score (nSPS) is 13.1. The SMILES string of the molecule is CCCCCCOCC(C)(C#N)NC(=O)Cc1ccc(Cl)cc1. The summed E-state index contributed by atoms with van der Waals surface area (Å²) in [5.74, 6) is -0.203. The maximum Gasteiger partial charge on any atom is 0.225 e. The van der Waals surface area contributed by atoms with E-state index in [0.717, 1.165) is 18.4 Å². The van der Waals surface area contributed by atoms with Gasteiger partial charge in [0, 0.05) is 11.6 Å². The summed E-state index contributed by atoms with van der Waals surface area (Å²) in [5.41, 5.74) is -0.151. The van der Waals surface area contributed by atoms with Crippen LogP contribution in [-0.4, -0.2) is 24.7 Å². The van der Waals surface area contributed by atoms with E-state index in [-0.39, 0.29) is 18.9 Å².